The largest absolute Gasteiger partial charge is 0.344 e. The van der Waals surface area contributed by atoms with Crippen LogP contribution >= 0.6 is 23.4 Å². The number of hydrogen-bond donors (Lipinski definition) is 2. The minimum Gasteiger partial charge on any atom is -0.344 e. The van der Waals surface area contributed by atoms with Gasteiger partial charge in [0.15, 0.2) is 5.15 Å². The van der Waals surface area contributed by atoms with Crippen molar-refractivity contribution in [1.82, 2.24) is 15.3 Å². The van der Waals surface area contributed by atoms with Crippen LogP contribution in [-0.4, -0.2) is 28.5 Å². The second-order valence-corrected chi connectivity index (χ2v) is 6.13. The van der Waals surface area contributed by atoms with Gasteiger partial charge in [0.2, 0.25) is 0 Å². The Morgan fingerprint density at radius 2 is 2.11 bits per heavy atom. The highest BCUT2D eigenvalue weighted by atomic mass is 35.5. The third-order valence-corrected chi connectivity index (χ3v) is 4.06. The van der Waals surface area contributed by atoms with Gasteiger partial charge in [0.1, 0.15) is 5.82 Å². The lowest BCUT2D eigenvalue weighted by Crippen LogP contribution is -2.15. The normalized spacial score (nSPS) is 11.1. The molecule has 0 radical (unpaired) electrons. The van der Waals surface area contributed by atoms with Crippen LogP contribution in [0.4, 0.5) is 0 Å². The maximum atomic E-state index is 6.12. The molecule has 0 unspecified atom stereocenters. The van der Waals surface area contributed by atoms with Crippen molar-refractivity contribution < 1.29 is 0 Å². The zero-order chi connectivity index (χ0) is 13.9. The van der Waals surface area contributed by atoms with E-state index in [-0.39, 0.29) is 0 Å². The SMILES string of the molecule is CCCCc1nc(Cl)c(CNCCCCCSC)[nH]1. The van der Waals surface area contributed by atoms with E-state index in [0.29, 0.717) is 5.15 Å². The fourth-order valence-electron chi connectivity index (χ4n) is 1.91. The van der Waals surface area contributed by atoms with Crippen LogP contribution in [0.15, 0.2) is 0 Å². The molecule has 0 fully saturated rings. The summed E-state index contributed by atoms with van der Waals surface area (Å²) < 4.78 is 0. The summed E-state index contributed by atoms with van der Waals surface area (Å²) >= 11 is 8.04. The number of hydrogen-bond acceptors (Lipinski definition) is 3. The lowest BCUT2D eigenvalue weighted by Gasteiger charge is -2.03. The van der Waals surface area contributed by atoms with E-state index in [1.165, 1.54) is 31.4 Å². The summed E-state index contributed by atoms with van der Waals surface area (Å²) in [6, 6.07) is 0. The molecule has 0 bridgehead atoms. The quantitative estimate of drug-likeness (QED) is 0.606. The summed E-state index contributed by atoms with van der Waals surface area (Å²) in [5.41, 5.74) is 1.02. The highest BCUT2D eigenvalue weighted by Crippen LogP contribution is 2.14. The predicted molar refractivity (Wildman–Crippen MR) is 86.1 cm³/mol. The van der Waals surface area contributed by atoms with Crippen molar-refractivity contribution in [2.24, 2.45) is 0 Å². The summed E-state index contributed by atoms with van der Waals surface area (Å²) in [7, 11) is 0. The smallest absolute Gasteiger partial charge is 0.151 e. The molecule has 2 N–H and O–H groups in total. The van der Waals surface area contributed by atoms with Crippen LogP contribution < -0.4 is 5.32 Å². The number of thioether (sulfide) groups is 1. The lowest BCUT2D eigenvalue weighted by atomic mass is 10.2. The van der Waals surface area contributed by atoms with Crippen LogP contribution in [0.2, 0.25) is 5.15 Å². The molecule has 1 heterocycles. The van der Waals surface area contributed by atoms with Crippen LogP contribution in [0.1, 0.15) is 50.5 Å². The van der Waals surface area contributed by atoms with Gasteiger partial charge in [0.25, 0.3) is 0 Å². The number of unbranched alkanes of at least 4 members (excludes halogenated alkanes) is 3. The van der Waals surface area contributed by atoms with Crippen molar-refractivity contribution in [2.75, 3.05) is 18.6 Å². The summed E-state index contributed by atoms with van der Waals surface area (Å²) in [6.07, 6.45) is 9.34. The van der Waals surface area contributed by atoms with Crippen molar-refractivity contribution in [3.63, 3.8) is 0 Å². The standard InChI is InChI=1S/C14H26ClN3S/c1-3-4-8-13-17-12(14(15)18-13)11-16-9-6-5-7-10-19-2/h16H,3-11H2,1-2H3,(H,17,18). The third-order valence-electron chi connectivity index (χ3n) is 3.05. The maximum Gasteiger partial charge on any atom is 0.151 e. The molecule has 0 amide bonds. The summed E-state index contributed by atoms with van der Waals surface area (Å²) in [5, 5.41) is 4.05. The van der Waals surface area contributed by atoms with E-state index in [0.717, 1.165) is 37.4 Å². The molecule has 0 atom stereocenters. The Kier molecular flexibility index (Phi) is 9.39. The molecule has 1 aromatic rings. The van der Waals surface area contributed by atoms with E-state index >= 15 is 0 Å². The second kappa shape index (κ2) is 10.6. The Bertz CT molecular complexity index is 341. The monoisotopic (exact) mass is 303 g/mol. The molecule has 5 heteroatoms. The molecule has 0 aromatic carbocycles. The van der Waals surface area contributed by atoms with Crippen molar-refractivity contribution >= 4 is 23.4 Å². The number of imidazole rings is 1. The number of aryl methyl sites for hydroxylation is 1. The Labute approximate surface area is 126 Å². The van der Waals surface area contributed by atoms with Crippen molar-refractivity contribution in [1.29, 1.82) is 0 Å². The lowest BCUT2D eigenvalue weighted by molar-refractivity contribution is 0.613. The van der Waals surface area contributed by atoms with E-state index in [9.17, 15) is 0 Å². The molecule has 0 aliphatic carbocycles. The highest BCUT2D eigenvalue weighted by molar-refractivity contribution is 7.98. The van der Waals surface area contributed by atoms with E-state index in [2.05, 4.69) is 28.5 Å². The topological polar surface area (TPSA) is 40.7 Å². The number of aromatic nitrogens is 2. The minimum absolute atomic E-state index is 0.626. The van der Waals surface area contributed by atoms with Gasteiger partial charge < -0.3 is 10.3 Å². The maximum absolute atomic E-state index is 6.12. The van der Waals surface area contributed by atoms with Gasteiger partial charge in [0, 0.05) is 13.0 Å². The Morgan fingerprint density at radius 1 is 1.26 bits per heavy atom. The number of aromatic amines is 1. The van der Waals surface area contributed by atoms with Gasteiger partial charge in [-0.25, -0.2) is 4.98 Å². The van der Waals surface area contributed by atoms with Crippen LogP contribution in [0.25, 0.3) is 0 Å². The molecule has 1 aromatic heterocycles. The second-order valence-electron chi connectivity index (χ2n) is 4.79. The summed E-state index contributed by atoms with van der Waals surface area (Å²) in [6.45, 7) is 4.03. The summed E-state index contributed by atoms with van der Waals surface area (Å²) in [4.78, 5) is 7.67. The molecule has 19 heavy (non-hydrogen) atoms. The molecule has 0 spiro atoms. The fraction of sp³-hybridized carbons (Fsp3) is 0.786. The number of nitrogens with one attached hydrogen (secondary N) is 2. The van der Waals surface area contributed by atoms with E-state index in [1.54, 1.807) is 0 Å². The van der Waals surface area contributed by atoms with Gasteiger partial charge in [-0.05, 0) is 37.8 Å². The van der Waals surface area contributed by atoms with Crippen LogP contribution in [0.5, 0.6) is 0 Å². The Balaban J connectivity index is 2.16. The Morgan fingerprint density at radius 3 is 2.84 bits per heavy atom. The van der Waals surface area contributed by atoms with Gasteiger partial charge >= 0.3 is 0 Å². The summed E-state index contributed by atoms with van der Waals surface area (Å²) in [5.74, 6) is 2.29. The first-order chi connectivity index (χ1) is 9.27. The number of nitrogens with zero attached hydrogens (tertiary/aromatic N) is 1. The first kappa shape index (κ1) is 16.9. The molecular weight excluding hydrogens is 278 g/mol. The zero-order valence-corrected chi connectivity index (χ0v) is 13.7. The number of halogens is 1. The van der Waals surface area contributed by atoms with Gasteiger partial charge in [-0.3, -0.25) is 0 Å². The van der Waals surface area contributed by atoms with Crippen LogP contribution in [0.3, 0.4) is 0 Å². The van der Waals surface area contributed by atoms with Gasteiger partial charge in [-0.2, -0.15) is 11.8 Å². The zero-order valence-electron chi connectivity index (χ0n) is 12.1. The van der Waals surface area contributed by atoms with Crippen molar-refractivity contribution in [2.45, 2.75) is 52.0 Å². The molecule has 0 saturated heterocycles. The van der Waals surface area contributed by atoms with Gasteiger partial charge in [-0.1, -0.05) is 31.4 Å². The minimum atomic E-state index is 0.626. The molecule has 110 valence electrons. The molecule has 0 aliphatic heterocycles. The average Bonchev–Trinajstić information content (AvgIpc) is 2.76. The highest BCUT2D eigenvalue weighted by Gasteiger charge is 2.07. The molecule has 3 nitrogen and oxygen atoms in total. The average molecular weight is 304 g/mol. The van der Waals surface area contributed by atoms with Crippen molar-refractivity contribution in [3.05, 3.63) is 16.7 Å². The predicted octanol–water partition coefficient (Wildman–Crippen LogP) is 4.03. The third kappa shape index (κ3) is 7.23. The van der Waals surface area contributed by atoms with Crippen LogP contribution in [-0.2, 0) is 13.0 Å². The first-order valence-electron chi connectivity index (χ1n) is 7.20. The van der Waals surface area contributed by atoms with E-state index in [1.807, 2.05) is 11.8 Å². The van der Waals surface area contributed by atoms with Gasteiger partial charge in [-0.15, -0.1) is 0 Å². The molecular formula is C14H26ClN3S. The number of rotatable bonds is 11. The first-order valence-corrected chi connectivity index (χ1v) is 8.98. The van der Waals surface area contributed by atoms with Crippen LogP contribution in [0, 0.1) is 0 Å². The molecule has 1 rings (SSSR count). The van der Waals surface area contributed by atoms with E-state index in [4.69, 9.17) is 11.6 Å². The van der Waals surface area contributed by atoms with Crippen molar-refractivity contribution in [3.8, 4) is 0 Å². The molecule has 0 saturated carbocycles. The fourth-order valence-corrected chi connectivity index (χ4v) is 2.61. The van der Waals surface area contributed by atoms with E-state index < -0.39 is 0 Å². The number of H-pyrrole nitrogens is 1. The molecule has 0 aliphatic rings. The Hall–Kier alpha value is -0.190. The van der Waals surface area contributed by atoms with Gasteiger partial charge in [0.05, 0.1) is 5.69 Å².